The zero-order valence-electron chi connectivity index (χ0n) is 12.0. The summed E-state index contributed by atoms with van der Waals surface area (Å²) in [5, 5.41) is 2.95. The van der Waals surface area contributed by atoms with E-state index in [0.29, 0.717) is 13.2 Å². The van der Waals surface area contributed by atoms with Gasteiger partial charge in [0.1, 0.15) is 0 Å². The lowest BCUT2D eigenvalue weighted by molar-refractivity contribution is -0.131. The van der Waals surface area contributed by atoms with Gasteiger partial charge in [0.05, 0.1) is 6.61 Å². The summed E-state index contributed by atoms with van der Waals surface area (Å²) in [7, 11) is 1.65. The molecule has 0 radical (unpaired) electrons. The van der Waals surface area contributed by atoms with E-state index in [0.717, 1.165) is 19.3 Å². The van der Waals surface area contributed by atoms with Gasteiger partial charge in [0.15, 0.2) is 0 Å². The van der Waals surface area contributed by atoms with E-state index < -0.39 is 0 Å². The van der Waals surface area contributed by atoms with Crippen LogP contribution in [0, 0.1) is 5.41 Å². The van der Waals surface area contributed by atoms with Crippen LogP contribution in [0.3, 0.4) is 0 Å². The van der Waals surface area contributed by atoms with Crippen molar-refractivity contribution in [3.05, 3.63) is 0 Å². The van der Waals surface area contributed by atoms with Crippen LogP contribution in [0.4, 0.5) is 0 Å². The van der Waals surface area contributed by atoms with Gasteiger partial charge in [0, 0.05) is 19.1 Å². The third-order valence-electron chi connectivity index (χ3n) is 3.50. The van der Waals surface area contributed by atoms with Crippen molar-refractivity contribution in [2.24, 2.45) is 5.41 Å². The average molecular weight is 243 g/mol. The molecule has 1 amide bonds. The maximum Gasteiger partial charge on any atom is 0.226 e. The highest BCUT2D eigenvalue weighted by molar-refractivity contribution is 5.82. The van der Waals surface area contributed by atoms with Crippen molar-refractivity contribution in [3.63, 3.8) is 0 Å². The highest BCUT2D eigenvalue weighted by Crippen LogP contribution is 2.28. The van der Waals surface area contributed by atoms with Gasteiger partial charge in [-0.15, -0.1) is 0 Å². The number of ether oxygens (including phenoxy) is 1. The van der Waals surface area contributed by atoms with E-state index in [1.54, 1.807) is 7.11 Å². The summed E-state index contributed by atoms with van der Waals surface area (Å²) in [6.45, 7) is 7.56. The maximum absolute atomic E-state index is 12.1. The van der Waals surface area contributed by atoms with Gasteiger partial charge in [0.2, 0.25) is 5.91 Å². The van der Waals surface area contributed by atoms with Crippen molar-refractivity contribution in [3.8, 4) is 0 Å². The van der Waals surface area contributed by atoms with Gasteiger partial charge in [-0.25, -0.2) is 0 Å². The molecule has 0 saturated heterocycles. The first kappa shape index (κ1) is 16.4. The zero-order valence-corrected chi connectivity index (χ0v) is 12.0. The first-order chi connectivity index (χ1) is 8.10. The standard InChI is InChI=1S/C14H29NO2/c1-5-7-8-9-10-14(3,6-2)13(16)15-11-12-17-4/h5-12H2,1-4H3,(H,15,16). The molecule has 3 nitrogen and oxygen atoms in total. The summed E-state index contributed by atoms with van der Waals surface area (Å²) in [5.74, 6) is 0.175. The Bertz CT molecular complexity index is 206. The van der Waals surface area contributed by atoms with Crippen molar-refractivity contribution >= 4 is 5.91 Å². The van der Waals surface area contributed by atoms with Crippen LogP contribution >= 0.6 is 0 Å². The van der Waals surface area contributed by atoms with Crippen LogP contribution in [-0.2, 0) is 9.53 Å². The van der Waals surface area contributed by atoms with Crippen LogP contribution in [0.5, 0.6) is 0 Å². The number of amides is 1. The summed E-state index contributed by atoms with van der Waals surface area (Å²) in [5.41, 5.74) is -0.207. The number of hydrogen-bond acceptors (Lipinski definition) is 2. The van der Waals surface area contributed by atoms with Crippen LogP contribution in [0.1, 0.15) is 59.3 Å². The molecule has 0 aliphatic rings. The van der Waals surface area contributed by atoms with E-state index in [9.17, 15) is 4.79 Å². The molecule has 0 spiro atoms. The minimum Gasteiger partial charge on any atom is -0.383 e. The SMILES string of the molecule is CCCCCCC(C)(CC)C(=O)NCCOC. The lowest BCUT2D eigenvalue weighted by atomic mass is 9.81. The summed E-state index contributed by atoms with van der Waals surface area (Å²) in [6, 6.07) is 0. The number of methoxy groups -OCH3 is 1. The lowest BCUT2D eigenvalue weighted by Gasteiger charge is -2.27. The van der Waals surface area contributed by atoms with Gasteiger partial charge in [0.25, 0.3) is 0 Å². The highest BCUT2D eigenvalue weighted by Gasteiger charge is 2.30. The second-order valence-corrected chi connectivity index (χ2v) is 4.97. The predicted octanol–water partition coefficient (Wildman–Crippen LogP) is 3.14. The molecule has 1 unspecified atom stereocenters. The Balaban J connectivity index is 4.01. The van der Waals surface area contributed by atoms with Crippen molar-refractivity contribution in [2.45, 2.75) is 59.3 Å². The van der Waals surface area contributed by atoms with Crippen LogP contribution in [0.15, 0.2) is 0 Å². The minimum absolute atomic E-state index is 0.175. The van der Waals surface area contributed by atoms with Crippen LogP contribution in [-0.4, -0.2) is 26.2 Å². The normalized spacial score (nSPS) is 14.4. The maximum atomic E-state index is 12.1. The number of unbranched alkanes of at least 4 members (excludes halogenated alkanes) is 3. The molecule has 0 aromatic carbocycles. The Hall–Kier alpha value is -0.570. The quantitative estimate of drug-likeness (QED) is 0.599. The first-order valence-electron chi connectivity index (χ1n) is 6.88. The highest BCUT2D eigenvalue weighted by atomic mass is 16.5. The van der Waals surface area contributed by atoms with Gasteiger partial charge in [-0.2, -0.15) is 0 Å². The Morgan fingerprint density at radius 1 is 1.24 bits per heavy atom. The molecule has 0 saturated carbocycles. The molecule has 0 aliphatic carbocycles. The van der Waals surface area contributed by atoms with Gasteiger partial charge in [-0.05, 0) is 12.8 Å². The molecule has 102 valence electrons. The molecule has 0 bridgehead atoms. The molecular formula is C14H29NO2. The summed E-state index contributed by atoms with van der Waals surface area (Å²) in [4.78, 5) is 12.1. The van der Waals surface area contributed by atoms with Crippen molar-refractivity contribution in [1.29, 1.82) is 0 Å². The summed E-state index contributed by atoms with van der Waals surface area (Å²) < 4.78 is 4.94. The fourth-order valence-corrected chi connectivity index (χ4v) is 1.87. The van der Waals surface area contributed by atoms with Crippen molar-refractivity contribution < 1.29 is 9.53 Å². The lowest BCUT2D eigenvalue weighted by Crippen LogP contribution is -2.40. The van der Waals surface area contributed by atoms with E-state index in [1.165, 1.54) is 19.3 Å². The molecular weight excluding hydrogens is 214 g/mol. The first-order valence-corrected chi connectivity index (χ1v) is 6.88. The molecule has 3 heteroatoms. The average Bonchev–Trinajstić information content (AvgIpc) is 2.34. The van der Waals surface area contributed by atoms with E-state index in [-0.39, 0.29) is 11.3 Å². The molecule has 0 rings (SSSR count). The van der Waals surface area contributed by atoms with Crippen LogP contribution < -0.4 is 5.32 Å². The Morgan fingerprint density at radius 2 is 1.94 bits per heavy atom. The summed E-state index contributed by atoms with van der Waals surface area (Å²) >= 11 is 0. The van der Waals surface area contributed by atoms with Crippen molar-refractivity contribution in [1.82, 2.24) is 5.32 Å². The molecule has 1 atom stereocenters. The van der Waals surface area contributed by atoms with Gasteiger partial charge in [-0.1, -0.05) is 46.5 Å². The molecule has 0 aromatic heterocycles. The van der Waals surface area contributed by atoms with Crippen LogP contribution in [0.2, 0.25) is 0 Å². The Kier molecular flexibility index (Phi) is 9.14. The van der Waals surface area contributed by atoms with E-state index in [1.807, 2.05) is 0 Å². The number of carbonyl (C=O) groups is 1. The number of rotatable bonds is 10. The molecule has 0 aliphatic heterocycles. The smallest absolute Gasteiger partial charge is 0.226 e. The minimum atomic E-state index is -0.207. The zero-order chi connectivity index (χ0) is 13.1. The molecule has 17 heavy (non-hydrogen) atoms. The van der Waals surface area contributed by atoms with E-state index in [2.05, 4.69) is 26.1 Å². The topological polar surface area (TPSA) is 38.3 Å². The third kappa shape index (κ3) is 6.67. The third-order valence-corrected chi connectivity index (χ3v) is 3.50. The second kappa shape index (κ2) is 9.46. The Morgan fingerprint density at radius 3 is 2.47 bits per heavy atom. The molecule has 1 N–H and O–H groups in total. The van der Waals surface area contributed by atoms with E-state index in [4.69, 9.17) is 4.74 Å². The summed E-state index contributed by atoms with van der Waals surface area (Å²) in [6.07, 6.45) is 6.78. The number of nitrogens with one attached hydrogen (secondary N) is 1. The van der Waals surface area contributed by atoms with Gasteiger partial charge in [-0.3, -0.25) is 4.79 Å². The Labute approximate surface area is 106 Å². The second-order valence-electron chi connectivity index (χ2n) is 4.97. The molecule has 0 fully saturated rings. The molecule has 0 aromatic rings. The largest absolute Gasteiger partial charge is 0.383 e. The number of hydrogen-bond donors (Lipinski definition) is 1. The fourth-order valence-electron chi connectivity index (χ4n) is 1.87. The van der Waals surface area contributed by atoms with E-state index >= 15 is 0 Å². The van der Waals surface area contributed by atoms with Gasteiger partial charge >= 0.3 is 0 Å². The van der Waals surface area contributed by atoms with Crippen LogP contribution in [0.25, 0.3) is 0 Å². The predicted molar refractivity (Wildman–Crippen MR) is 72.0 cm³/mol. The van der Waals surface area contributed by atoms with Crippen molar-refractivity contribution in [2.75, 3.05) is 20.3 Å². The monoisotopic (exact) mass is 243 g/mol. The molecule has 0 heterocycles. The number of carbonyl (C=O) groups excluding carboxylic acids is 1. The van der Waals surface area contributed by atoms with Gasteiger partial charge < -0.3 is 10.1 Å². The fraction of sp³-hybridized carbons (Fsp3) is 0.929.